The van der Waals surface area contributed by atoms with Crippen molar-refractivity contribution in [3.05, 3.63) is 73.8 Å². The second-order valence-corrected chi connectivity index (χ2v) is 7.63. The molecule has 2 aromatic heterocycles. The Balaban J connectivity index is 1.85. The summed E-state index contributed by atoms with van der Waals surface area (Å²) in [6.07, 6.45) is 0.337. The standard InChI is InChI=1S/C20H20N4O4S/c1-10-11(2)29-20(17(10)18(21)26)24-19(27)14-9-16(25)23-15(22-14)8-12-4-6-13(28-3)7-5-12/h4-7,9H,8H2,1-3H3,(H2,21,26)(H,24,27)(H,22,23,25). The first-order valence-corrected chi connectivity index (χ1v) is 9.54. The molecule has 0 bridgehead atoms. The number of amides is 2. The van der Waals surface area contributed by atoms with Gasteiger partial charge in [-0.3, -0.25) is 14.4 Å². The molecular weight excluding hydrogens is 392 g/mol. The van der Waals surface area contributed by atoms with Gasteiger partial charge in [0.2, 0.25) is 0 Å². The van der Waals surface area contributed by atoms with Crippen LogP contribution in [0.15, 0.2) is 35.1 Å². The van der Waals surface area contributed by atoms with E-state index in [9.17, 15) is 14.4 Å². The first-order chi connectivity index (χ1) is 13.8. The second-order valence-electron chi connectivity index (χ2n) is 6.41. The highest BCUT2D eigenvalue weighted by atomic mass is 32.1. The van der Waals surface area contributed by atoms with E-state index < -0.39 is 17.4 Å². The van der Waals surface area contributed by atoms with E-state index in [1.807, 2.05) is 19.1 Å². The Morgan fingerprint density at radius 3 is 2.55 bits per heavy atom. The molecular formula is C20H20N4O4S. The minimum atomic E-state index is -0.624. The molecule has 0 spiro atoms. The Bertz CT molecular complexity index is 1130. The Morgan fingerprint density at radius 2 is 1.93 bits per heavy atom. The smallest absolute Gasteiger partial charge is 0.275 e. The van der Waals surface area contributed by atoms with Crippen LogP contribution >= 0.6 is 11.3 Å². The van der Waals surface area contributed by atoms with Crippen LogP contribution in [0.4, 0.5) is 5.00 Å². The third-order valence-electron chi connectivity index (χ3n) is 4.41. The number of nitrogens with zero attached hydrogens (tertiary/aromatic N) is 1. The Labute approximate surface area is 170 Å². The molecule has 0 radical (unpaired) electrons. The van der Waals surface area contributed by atoms with Crippen molar-refractivity contribution in [2.24, 2.45) is 5.73 Å². The lowest BCUT2D eigenvalue weighted by molar-refractivity contribution is 0.100. The van der Waals surface area contributed by atoms with Gasteiger partial charge in [-0.2, -0.15) is 0 Å². The van der Waals surface area contributed by atoms with Crippen molar-refractivity contribution < 1.29 is 14.3 Å². The van der Waals surface area contributed by atoms with Crippen LogP contribution < -0.4 is 21.3 Å². The van der Waals surface area contributed by atoms with Crippen molar-refractivity contribution in [3.8, 4) is 5.75 Å². The number of nitrogens with two attached hydrogens (primary N) is 1. The number of methoxy groups -OCH3 is 1. The van der Waals surface area contributed by atoms with Gasteiger partial charge in [0.1, 0.15) is 22.3 Å². The summed E-state index contributed by atoms with van der Waals surface area (Å²) in [4.78, 5) is 44.2. The molecule has 3 aromatic rings. The molecule has 9 heteroatoms. The van der Waals surface area contributed by atoms with Crippen LogP contribution in [-0.2, 0) is 6.42 Å². The number of anilines is 1. The van der Waals surface area contributed by atoms with Gasteiger partial charge in [0.05, 0.1) is 12.7 Å². The highest BCUT2D eigenvalue weighted by Crippen LogP contribution is 2.32. The van der Waals surface area contributed by atoms with E-state index in [1.165, 1.54) is 11.3 Å². The van der Waals surface area contributed by atoms with Gasteiger partial charge in [-0.1, -0.05) is 12.1 Å². The number of nitrogens with one attached hydrogen (secondary N) is 2. The first kappa shape index (κ1) is 20.3. The molecule has 2 heterocycles. The molecule has 0 unspecified atom stereocenters. The van der Waals surface area contributed by atoms with E-state index in [-0.39, 0.29) is 11.3 Å². The molecule has 4 N–H and O–H groups in total. The number of thiophene rings is 1. The number of primary amides is 1. The van der Waals surface area contributed by atoms with Crippen molar-refractivity contribution >= 4 is 28.2 Å². The lowest BCUT2D eigenvalue weighted by Crippen LogP contribution is -2.22. The Kier molecular flexibility index (Phi) is 5.79. The Hall–Kier alpha value is -3.46. The number of carbonyl (C=O) groups excluding carboxylic acids is 2. The van der Waals surface area contributed by atoms with Crippen LogP contribution in [0.25, 0.3) is 0 Å². The maximum Gasteiger partial charge on any atom is 0.275 e. The van der Waals surface area contributed by atoms with Gasteiger partial charge in [0.15, 0.2) is 0 Å². The molecule has 8 nitrogen and oxygen atoms in total. The minimum Gasteiger partial charge on any atom is -0.497 e. The van der Waals surface area contributed by atoms with Gasteiger partial charge in [-0.15, -0.1) is 11.3 Å². The molecule has 29 heavy (non-hydrogen) atoms. The van der Waals surface area contributed by atoms with Crippen LogP contribution in [0.1, 0.15) is 42.7 Å². The van der Waals surface area contributed by atoms with Crippen molar-refractivity contribution in [2.45, 2.75) is 20.3 Å². The number of rotatable bonds is 6. The quantitative estimate of drug-likeness (QED) is 0.573. The Morgan fingerprint density at radius 1 is 1.24 bits per heavy atom. The summed E-state index contributed by atoms with van der Waals surface area (Å²) in [5, 5.41) is 2.99. The first-order valence-electron chi connectivity index (χ1n) is 8.72. The summed E-state index contributed by atoms with van der Waals surface area (Å²) < 4.78 is 5.12. The van der Waals surface area contributed by atoms with Gasteiger partial charge >= 0.3 is 0 Å². The number of aromatic amines is 1. The topological polar surface area (TPSA) is 127 Å². The molecule has 0 aliphatic carbocycles. The number of aromatic nitrogens is 2. The average molecular weight is 412 g/mol. The monoisotopic (exact) mass is 412 g/mol. The second kappa shape index (κ2) is 8.27. The van der Waals surface area contributed by atoms with Crippen LogP contribution in [0.2, 0.25) is 0 Å². The van der Waals surface area contributed by atoms with Crippen molar-refractivity contribution in [1.29, 1.82) is 0 Å². The minimum absolute atomic E-state index is 0.0450. The van der Waals surface area contributed by atoms with Crippen molar-refractivity contribution in [3.63, 3.8) is 0 Å². The van der Waals surface area contributed by atoms with Gasteiger partial charge in [0, 0.05) is 17.4 Å². The van der Waals surface area contributed by atoms with E-state index in [1.54, 1.807) is 26.2 Å². The number of aryl methyl sites for hydroxylation is 1. The van der Waals surface area contributed by atoms with E-state index in [2.05, 4.69) is 15.3 Å². The number of hydrogen-bond donors (Lipinski definition) is 3. The molecule has 150 valence electrons. The summed E-state index contributed by atoms with van der Waals surface area (Å²) in [6, 6.07) is 8.42. The summed E-state index contributed by atoms with van der Waals surface area (Å²) in [6.45, 7) is 3.60. The molecule has 1 aromatic carbocycles. The van der Waals surface area contributed by atoms with Crippen LogP contribution in [-0.4, -0.2) is 28.9 Å². The fourth-order valence-corrected chi connectivity index (χ4v) is 3.88. The molecule has 0 aliphatic heterocycles. The van der Waals surface area contributed by atoms with E-state index in [4.69, 9.17) is 10.5 Å². The molecule has 0 saturated carbocycles. The van der Waals surface area contributed by atoms with Gasteiger partial charge < -0.3 is 20.8 Å². The fourth-order valence-electron chi connectivity index (χ4n) is 2.82. The third kappa shape index (κ3) is 4.52. The molecule has 0 atom stereocenters. The number of carbonyl (C=O) groups is 2. The van der Waals surface area contributed by atoms with Crippen LogP contribution in [0.5, 0.6) is 5.75 Å². The lowest BCUT2D eigenvalue weighted by Gasteiger charge is -2.07. The zero-order valence-corrected chi connectivity index (χ0v) is 17.0. The molecule has 3 rings (SSSR count). The summed E-state index contributed by atoms with van der Waals surface area (Å²) in [5.74, 6) is -0.145. The van der Waals surface area contributed by atoms with Crippen molar-refractivity contribution in [2.75, 3.05) is 12.4 Å². The lowest BCUT2D eigenvalue weighted by atomic mass is 10.1. The maximum atomic E-state index is 12.7. The fraction of sp³-hybridized carbons (Fsp3) is 0.200. The normalized spacial score (nSPS) is 10.6. The molecule has 0 aliphatic rings. The number of benzene rings is 1. The maximum absolute atomic E-state index is 12.7. The number of ether oxygens (including phenoxy) is 1. The zero-order chi connectivity index (χ0) is 21.1. The largest absolute Gasteiger partial charge is 0.497 e. The average Bonchev–Trinajstić information content (AvgIpc) is 2.95. The number of hydrogen-bond acceptors (Lipinski definition) is 6. The van der Waals surface area contributed by atoms with E-state index >= 15 is 0 Å². The third-order valence-corrected chi connectivity index (χ3v) is 5.54. The zero-order valence-electron chi connectivity index (χ0n) is 16.2. The molecule has 0 saturated heterocycles. The molecule has 2 amide bonds. The SMILES string of the molecule is COc1ccc(Cc2nc(C(=O)Nc3sc(C)c(C)c3C(N)=O)cc(=O)[nH]2)cc1. The highest BCUT2D eigenvalue weighted by molar-refractivity contribution is 7.16. The highest BCUT2D eigenvalue weighted by Gasteiger charge is 2.20. The van der Waals surface area contributed by atoms with Crippen molar-refractivity contribution in [1.82, 2.24) is 9.97 Å². The predicted molar refractivity (Wildman–Crippen MR) is 111 cm³/mol. The number of H-pyrrole nitrogens is 1. The van der Waals surface area contributed by atoms with E-state index in [0.29, 0.717) is 17.2 Å². The molecule has 0 fully saturated rings. The predicted octanol–water partition coefficient (Wildman–Crippen LogP) is 2.40. The summed E-state index contributed by atoms with van der Waals surface area (Å²) >= 11 is 1.25. The van der Waals surface area contributed by atoms with Gasteiger partial charge in [0.25, 0.3) is 17.4 Å². The van der Waals surface area contributed by atoms with Gasteiger partial charge in [-0.05, 0) is 37.1 Å². The summed E-state index contributed by atoms with van der Waals surface area (Å²) in [7, 11) is 1.58. The summed E-state index contributed by atoms with van der Waals surface area (Å²) in [5.41, 5.74) is 6.83. The van der Waals surface area contributed by atoms with Crippen LogP contribution in [0, 0.1) is 13.8 Å². The van der Waals surface area contributed by atoms with E-state index in [0.717, 1.165) is 27.8 Å². The van der Waals surface area contributed by atoms with Crippen LogP contribution in [0.3, 0.4) is 0 Å². The van der Waals surface area contributed by atoms with Gasteiger partial charge in [-0.25, -0.2) is 4.98 Å².